The van der Waals surface area contributed by atoms with Crippen molar-refractivity contribution in [1.29, 1.82) is 0 Å². The predicted molar refractivity (Wildman–Crippen MR) is 98.6 cm³/mol. The first-order valence-electron chi connectivity index (χ1n) is 8.25. The van der Waals surface area contributed by atoms with Crippen molar-refractivity contribution in [1.82, 2.24) is 0 Å². The van der Waals surface area contributed by atoms with Crippen molar-refractivity contribution >= 4 is 28.4 Å². The molecule has 0 aliphatic carbocycles. The van der Waals surface area contributed by atoms with Gasteiger partial charge in [-0.25, -0.2) is 4.79 Å². The van der Waals surface area contributed by atoms with Crippen molar-refractivity contribution < 1.29 is 23.4 Å². The number of carbonyl (C=O) groups is 1. The summed E-state index contributed by atoms with van der Waals surface area (Å²) in [7, 11) is 0. The molecular formula is C20H15ClO6. The number of carbonyl (C=O) groups excluding carboxylic acids is 1. The molecule has 0 fully saturated rings. The Bertz CT molecular complexity index is 1100. The molecule has 0 atom stereocenters. The molecule has 3 aromatic rings. The number of ether oxygens (including phenoxy) is 3. The zero-order valence-electron chi connectivity index (χ0n) is 14.4. The molecule has 1 aromatic heterocycles. The molecule has 0 saturated heterocycles. The van der Waals surface area contributed by atoms with Gasteiger partial charge in [0, 0.05) is 27.6 Å². The summed E-state index contributed by atoms with van der Waals surface area (Å²) < 4.78 is 21.9. The predicted octanol–water partition coefficient (Wildman–Crippen LogP) is 4.09. The van der Waals surface area contributed by atoms with Crippen LogP contribution in [0.3, 0.4) is 0 Å². The first-order valence-corrected chi connectivity index (χ1v) is 8.62. The van der Waals surface area contributed by atoms with Crippen molar-refractivity contribution in [2.24, 2.45) is 0 Å². The molecule has 138 valence electrons. The third kappa shape index (κ3) is 3.54. The molecule has 7 heteroatoms. The summed E-state index contributed by atoms with van der Waals surface area (Å²) in [6.45, 7) is 2.17. The van der Waals surface area contributed by atoms with Crippen molar-refractivity contribution in [2.75, 3.05) is 6.79 Å². The molecule has 0 amide bonds. The Labute approximate surface area is 159 Å². The normalized spacial score (nSPS) is 13.1. The number of halogens is 1. The monoisotopic (exact) mass is 386 g/mol. The van der Waals surface area contributed by atoms with Crippen molar-refractivity contribution in [3.05, 3.63) is 68.5 Å². The van der Waals surface area contributed by atoms with Crippen LogP contribution in [0, 0.1) is 0 Å². The van der Waals surface area contributed by atoms with Crippen LogP contribution in [0.2, 0.25) is 5.02 Å². The van der Waals surface area contributed by atoms with E-state index < -0.39 is 5.63 Å². The van der Waals surface area contributed by atoms with Crippen LogP contribution in [0.15, 0.2) is 45.6 Å². The zero-order valence-corrected chi connectivity index (χ0v) is 15.2. The van der Waals surface area contributed by atoms with Gasteiger partial charge in [0.1, 0.15) is 29.3 Å². The average Bonchev–Trinajstić information content (AvgIpc) is 2.65. The second-order valence-corrected chi connectivity index (χ2v) is 6.59. The van der Waals surface area contributed by atoms with Crippen LogP contribution in [0.5, 0.6) is 11.5 Å². The third-order valence-electron chi connectivity index (χ3n) is 4.23. The lowest BCUT2D eigenvalue weighted by Crippen LogP contribution is -2.14. The molecule has 0 unspecified atom stereocenters. The molecule has 1 aliphatic rings. The van der Waals surface area contributed by atoms with E-state index in [0.717, 1.165) is 11.1 Å². The van der Waals surface area contributed by atoms with E-state index in [1.165, 1.54) is 13.0 Å². The average molecular weight is 387 g/mol. The highest BCUT2D eigenvalue weighted by Crippen LogP contribution is 2.32. The van der Waals surface area contributed by atoms with Gasteiger partial charge in [0.05, 0.1) is 6.61 Å². The van der Waals surface area contributed by atoms with Gasteiger partial charge < -0.3 is 18.6 Å². The number of ketones is 1. The Kier molecular flexibility index (Phi) is 4.59. The van der Waals surface area contributed by atoms with E-state index in [4.69, 9.17) is 30.2 Å². The van der Waals surface area contributed by atoms with Gasteiger partial charge in [-0.2, -0.15) is 0 Å². The van der Waals surface area contributed by atoms with Gasteiger partial charge in [0.15, 0.2) is 12.6 Å². The maximum atomic E-state index is 11.9. The number of rotatable bonds is 4. The lowest BCUT2D eigenvalue weighted by Gasteiger charge is -2.21. The van der Waals surface area contributed by atoms with Gasteiger partial charge in [-0.15, -0.1) is 0 Å². The second-order valence-electron chi connectivity index (χ2n) is 6.16. The summed E-state index contributed by atoms with van der Waals surface area (Å²) in [5.74, 6) is 0.895. The number of hydrogen-bond donors (Lipinski definition) is 0. The fraction of sp³-hybridized carbons (Fsp3) is 0.200. The van der Waals surface area contributed by atoms with Crippen molar-refractivity contribution in [3.8, 4) is 11.5 Å². The topological polar surface area (TPSA) is 75.0 Å². The van der Waals surface area contributed by atoms with Crippen molar-refractivity contribution in [2.45, 2.75) is 20.1 Å². The van der Waals surface area contributed by atoms with Crippen LogP contribution in [0.4, 0.5) is 0 Å². The quantitative estimate of drug-likeness (QED) is 0.496. The summed E-state index contributed by atoms with van der Waals surface area (Å²) in [5.41, 5.74) is 1.38. The molecule has 6 nitrogen and oxygen atoms in total. The first kappa shape index (κ1) is 17.6. The van der Waals surface area contributed by atoms with Gasteiger partial charge in [0.25, 0.3) is 0 Å². The highest BCUT2D eigenvalue weighted by atomic mass is 35.5. The molecule has 0 N–H and O–H groups in total. The molecule has 2 heterocycles. The van der Waals surface area contributed by atoms with E-state index >= 15 is 0 Å². The second kappa shape index (κ2) is 7.06. The summed E-state index contributed by atoms with van der Waals surface area (Å²) in [5, 5.41) is 1.22. The number of fused-ring (bicyclic) bond motifs is 2. The van der Waals surface area contributed by atoms with Crippen LogP contribution in [-0.4, -0.2) is 12.6 Å². The minimum atomic E-state index is -0.663. The maximum Gasteiger partial charge on any atom is 0.347 e. The van der Waals surface area contributed by atoms with E-state index in [9.17, 15) is 9.59 Å². The Balaban J connectivity index is 1.61. The molecule has 0 bridgehead atoms. The highest BCUT2D eigenvalue weighted by Gasteiger charge is 2.17. The van der Waals surface area contributed by atoms with E-state index in [1.807, 2.05) is 0 Å². The third-order valence-corrected chi connectivity index (χ3v) is 4.45. The smallest absolute Gasteiger partial charge is 0.347 e. The number of benzene rings is 2. The Morgan fingerprint density at radius 3 is 2.89 bits per heavy atom. The van der Waals surface area contributed by atoms with Gasteiger partial charge >= 0.3 is 5.63 Å². The highest BCUT2D eigenvalue weighted by molar-refractivity contribution is 6.30. The lowest BCUT2D eigenvalue weighted by molar-refractivity contribution is -0.0175. The fourth-order valence-electron chi connectivity index (χ4n) is 2.95. The van der Waals surface area contributed by atoms with Crippen LogP contribution < -0.4 is 15.1 Å². The minimum Gasteiger partial charge on any atom is -0.489 e. The van der Waals surface area contributed by atoms with Crippen LogP contribution in [0.25, 0.3) is 11.0 Å². The number of hydrogen-bond acceptors (Lipinski definition) is 6. The standard InChI is InChI=1S/C20H15ClO6/c1-11(22)17-6-12-2-3-16(7-18(12)27-20(17)23)25-9-14-5-15(21)4-13-8-24-10-26-19(13)14/h2-7H,8-10H2,1H3. The van der Waals surface area contributed by atoms with E-state index in [0.29, 0.717) is 34.1 Å². The van der Waals surface area contributed by atoms with Gasteiger partial charge in [-0.3, -0.25) is 4.79 Å². The molecular weight excluding hydrogens is 372 g/mol. The largest absolute Gasteiger partial charge is 0.489 e. The summed E-state index contributed by atoms with van der Waals surface area (Å²) >= 11 is 6.16. The summed E-state index contributed by atoms with van der Waals surface area (Å²) in [4.78, 5) is 23.4. The molecule has 2 aromatic carbocycles. The van der Waals surface area contributed by atoms with E-state index in [1.54, 1.807) is 30.3 Å². The van der Waals surface area contributed by atoms with E-state index in [2.05, 4.69) is 0 Å². The Morgan fingerprint density at radius 2 is 2.07 bits per heavy atom. The van der Waals surface area contributed by atoms with Crippen LogP contribution >= 0.6 is 11.6 Å². The minimum absolute atomic E-state index is 0.0288. The first-order chi connectivity index (χ1) is 13.0. The molecule has 1 aliphatic heterocycles. The summed E-state index contributed by atoms with van der Waals surface area (Å²) in [6, 6.07) is 10.2. The van der Waals surface area contributed by atoms with Crippen LogP contribution in [0.1, 0.15) is 28.4 Å². The fourth-order valence-corrected chi connectivity index (χ4v) is 3.22. The molecule has 0 spiro atoms. The zero-order chi connectivity index (χ0) is 19.0. The van der Waals surface area contributed by atoms with E-state index in [-0.39, 0.29) is 24.7 Å². The Hall–Kier alpha value is -2.83. The van der Waals surface area contributed by atoms with Crippen LogP contribution in [-0.2, 0) is 18.0 Å². The van der Waals surface area contributed by atoms with Gasteiger partial charge in [-0.05, 0) is 37.3 Å². The molecule has 4 rings (SSSR count). The Morgan fingerprint density at radius 1 is 1.22 bits per heavy atom. The SMILES string of the molecule is CC(=O)c1cc2ccc(OCc3cc(Cl)cc4c3OCOC4)cc2oc1=O. The molecule has 0 radical (unpaired) electrons. The maximum absolute atomic E-state index is 11.9. The molecule has 0 saturated carbocycles. The number of Topliss-reactive ketones (excluding diaryl/α,β-unsaturated/α-hetero) is 1. The lowest BCUT2D eigenvalue weighted by atomic mass is 10.1. The molecule has 27 heavy (non-hydrogen) atoms. The van der Waals surface area contributed by atoms with Gasteiger partial charge in [0.2, 0.25) is 0 Å². The van der Waals surface area contributed by atoms with Gasteiger partial charge in [-0.1, -0.05) is 11.6 Å². The van der Waals surface area contributed by atoms with Crippen molar-refractivity contribution in [3.63, 3.8) is 0 Å². The summed E-state index contributed by atoms with van der Waals surface area (Å²) in [6.07, 6.45) is 0.